The summed E-state index contributed by atoms with van der Waals surface area (Å²) in [5.41, 5.74) is 1.23. The fourth-order valence-electron chi connectivity index (χ4n) is 2.52. The molecule has 24 heavy (non-hydrogen) atoms. The molecule has 0 saturated carbocycles. The molecule has 0 aliphatic heterocycles. The lowest BCUT2D eigenvalue weighted by Gasteiger charge is -2.09. The number of halogens is 3. The third kappa shape index (κ3) is 3.23. The summed E-state index contributed by atoms with van der Waals surface area (Å²) in [4.78, 5) is 16.3. The Bertz CT molecular complexity index is 879. The van der Waals surface area contributed by atoms with Gasteiger partial charge in [0.15, 0.2) is 0 Å². The number of nitrogens with one attached hydrogen (secondary N) is 1. The molecule has 0 radical (unpaired) electrons. The highest BCUT2D eigenvalue weighted by atomic mass is 35.5. The molecule has 0 aliphatic rings. The predicted octanol–water partition coefficient (Wildman–Crippen LogP) is 4.06. The molecule has 4 nitrogen and oxygen atoms in total. The maximum absolute atomic E-state index is 13.3. The lowest BCUT2D eigenvalue weighted by atomic mass is 10.2. The van der Waals surface area contributed by atoms with Gasteiger partial charge in [-0.3, -0.25) is 9.36 Å². The number of nitrogens with zero attached hydrogens (tertiary/aromatic N) is 2. The number of para-hydroxylation sites is 2. The topological polar surface area (TPSA) is 46.9 Å². The summed E-state index contributed by atoms with van der Waals surface area (Å²) in [5.74, 6) is -0.119. The summed E-state index contributed by atoms with van der Waals surface area (Å²) in [6.45, 7) is -2.51. The maximum Gasteiger partial charge on any atom is 0.320 e. The van der Waals surface area contributed by atoms with E-state index in [2.05, 4.69) is 10.3 Å². The van der Waals surface area contributed by atoms with Gasteiger partial charge in [0.2, 0.25) is 0 Å². The third-order valence-electron chi connectivity index (χ3n) is 3.62. The summed E-state index contributed by atoms with van der Waals surface area (Å²) in [7, 11) is 0. The van der Waals surface area contributed by atoms with Gasteiger partial charge in [0.05, 0.1) is 21.6 Å². The maximum atomic E-state index is 13.3. The zero-order valence-corrected chi connectivity index (χ0v) is 13.3. The summed E-state index contributed by atoms with van der Waals surface area (Å²) in [5, 5.41) is 3.02. The van der Waals surface area contributed by atoms with Crippen LogP contribution in [0.4, 0.5) is 8.78 Å². The summed E-state index contributed by atoms with van der Waals surface area (Å²) < 4.78 is 27.5. The van der Waals surface area contributed by atoms with E-state index in [1.807, 2.05) is 0 Å². The van der Waals surface area contributed by atoms with Gasteiger partial charge >= 0.3 is 6.55 Å². The van der Waals surface area contributed by atoms with E-state index in [9.17, 15) is 13.6 Å². The first-order valence-electron chi connectivity index (χ1n) is 7.34. The monoisotopic (exact) mass is 349 g/mol. The Morgan fingerprint density at radius 2 is 1.88 bits per heavy atom. The largest absolute Gasteiger partial charge is 0.352 e. The number of benzene rings is 2. The number of fused-ring (bicyclic) bond motifs is 1. The molecule has 0 atom stereocenters. The Morgan fingerprint density at radius 1 is 1.17 bits per heavy atom. The first kappa shape index (κ1) is 16.4. The van der Waals surface area contributed by atoms with Gasteiger partial charge in [0, 0.05) is 13.0 Å². The lowest BCUT2D eigenvalue weighted by Crippen LogP contribution is -2.26. The summed E-state index contributed by atoms with van der Waals surface area (Å²) in [6.07, 6.45) is 0.190. The van der Waals surface area contributed by atoms with Crippen LogP contribution in [0.25, 0.3) is 11.0 Å². The van der Waals surface area contributed by atoms with Crippen molar-refractivity contribution in [3.05, 3.63) is 64.9 Å². The highest BCUT2D eigenvalue weighted by molar-refractivity contribution is 6.33. The molecule has 2 aromatic carbocycles. The van der Waals surface area contributed by atoms with E-state index in [-0.39, 0.29) is 24.7 Å². The van der Waals surface area contributed by atoms with Crippen molar-refractivity contribution in [2.75, 3.05) is 6.54 Å². The Kier molecular flexibility index (Phi) is 4.76. The average Bonchev–Trinajstić information content (AvgIpc) is 2.93. The number of carbonyl (C=O) groups excluding carboxylic acids is 1. The van der Waals surface area contributed by atoms with Crippen LogP contribution in [-0.4, -0.2) is 22.0 Å². The molecular weight excluding hydrogens is 336 g/mol. The molecule has 7 heteroatoms. The molecule has 1 amide bonds. The summed E-state index contributed by atoms with van der Waals surface area (Å²) in [6, 6.07) is 13.4. The Labute approximate surface area is 142 Å². The predicted molar refractivity (Wildman–Crippen MR) is 88.5 cm³/mol. The van der Waals surface area contributed by atoms with E-state index in [4.69, 9.17) is 11.6 Å². The Morgan fingerprint density at radius 3 is 2.62 bits per heavy atom. The molecule has 0 saturated heterocycles. The van der Waals surface area contributed by atoms with E-state index < -0.39 is 6.55 Å². The smallest absolute Gasteiger partial charge is 0.320 e. The number of hydrogen-bond acceptors (Lipinski definition) is 2. The van der Waals surface area contributed by atoms with Crippen molar-refractivity contribution in [1.82, 2.24) is 14.9 Å². The second kappa shape index (κ2) is 6.97. The number of imidazole rings is 1. The third-order valence-corrected chi connectivity index (χ3v) is 3.95. The van der Waals surface area contributed by atoms with Gasteiger partial charge < -0.3 is 5.32 Å². The van der Waals surface area contributed by atoms with E-state index in [1.165, 1.54) is 0 Å². The van der Waals surface area contributed by atoms with Crippen molar-refractivity contribution in [1.29, 1.82) is 0 Å². The van der Waals surface area contributed by atoms with Crippen molar-refractivity contribution >= 4 is 28.5 Å². The highest BCUT2D eigenvalue weighted by Gasteiger charge is 2.17. The van der Waals surface area contributed by atoms with Crippen LogP contribution >= 0.6 is 11.6 Å². The van der Waals surface area contributed by atoms with Crippen LogP contribution in [0.5, 0.6) is 0 Å². The lowest BCUT2D eigenvalue weighted by molar-refractivity contribution is 0.0715. The molecule has 0 fully saturated rings. The van der Waals surface area contributed by atoms with Crippen molar-refractivity contribution < 1.29 is 13.6 Å². The van der Waals surface area contributed by atoms with Crippen molar-refractivity contribution in [3.63, 3.8) is 0 Å². The molecule has 3 rings (SSSR count). The molecule has 3 aromatic rings. The zero-order valence-electron chi connectivity index (χ0n) is 12.5. The van der Waals surface area contributed by atoms with E-state index in [1.54, 1.807) is 48.5 Å². The van der Waals surface area contributed by atoms with E-state index >= 15 is 0 Å². The normalized spacial score (nSPS) is 11.2. The Balaban J connectivity index is 1.73. The SMILES string of the molecule is O=C(NCCc1nc2ccccc2n1C(F)F)c1ccccc1Cl. The van der Waals surface area contributed by atoms with Crippen LogP contribution in [0.1, 0.15) is 22.7 Å². The van der Waals surface area contributed by atoms with Crippen molar-refractivity contribution in [3.8, 4) is 0 Å². The highest BCUT2D eigenvalue weighted by Crippen LogP contribution is 2.23. The van der Waals surface area contributed by atoms with Crippen LogP contribution < -0.4 is 5.32 Å². The summed E-state index contributed by atoms with van der Waals surface area (Å²) >= 11 is 5.96. The van der Waals surface area contributed by atoms with Crippen molar-refractivity contribution in [2.24, 2.45) is 0 Å². The standard InChI is InChI=1S/C17H14ClF2N3O/c18-12-6-2-1-5-11(12)16(24)21-10-9-15-22-13-7-3-4-8-14(13)23(15)17(19)20/h1-8,17H,9-10H2,(H,21,24). The van der Waals surface area contributed by atoms with Gasteiger partial charge in [-0.2, -0.15) is 8.78 Å². The quantitative estimate of drug-likeness (QED) is 0.755. The minimum atomic E-state index is -2.69. The molecule has 0 bridgehead atoms. The minimum Gasteiger partial charge on any atom is -0.352 e. The van der Waals surface area contributed by atoms with Gasteiger partial charge in [-0.05, 0) is 24.3 Å². The van der Waals surface area contributed by atoms with Crippen molar-refractivity contribution in [2.45, 2.75) is 13.0 Å². The molecule has 124 valence electrons. The van der Waals surface area contributed by atoms with Crippen LogP contribution in [0.2, 0.25) is 5.02 Å². The second-order valence-electron chi connectivity index (χ2n) is 5.15. The number of aromatic nitrogens is 2. The number of carbonyl (C=O) groups is 1. The van der Waals surface area contributed by atoms with Crippen LogP contribution in [0.15, 0.2) is 48.5 Å². The fourth-order valence-corrected chi connectivity index (χ4v) is 2.74. The van der Waals surface area contributed by atoms with Gasteiger partial charge in [-0.15, -0.1) is 0 Å². The molecule has 1 N–H and O–H groups in total. The molecule has 1 heterocycles. The number of alkyl halides is 2. The van der Waals surface area contributed by atoms with Gasteiger partial charge in [-0.1, -0.05) is 35.9 Å². The van der Waals surface area contributed by atoms with Crippen LogP contribution in [0, 0.1) is 0 Å². The molecule has 0 spiro atoms. The van der Waals surface area contributed by atoms with E-state index in [0.717, 1.165) is 4.57 Å². The van der Waals surface area contributed by atoms with Gasteiger partial charge in [0.25, 0.3) is 5.91 Å². The number of amides is 1. The second-order valence-corrected chi connectivity index (χ2v) is 5.56. The fraction of sp³-hybridized carbons (Fsp3) is 0.176. The van der Waals surface area contributed by atoms with Gasteiger partial charge in [-0.25, -0.2) is 4.98 Å². The first-order chi connectivity index (χ1) is 11.6. The Hall–Kier alpha value is -2.47. The van der Waals surface area contributed by atoms with Crippen LogP contribution in [0.3, 0.4) is 0 Å². The number of hydrogen-bond donors (Lipinski definition) is 1. The van der Waals surface area contributed by atoms with Crippen LogP contribution in [-0.2, 0) is 6.42 Å². The average molecular weight is 350 g/mol. The molecule has 0 aliphatic carbocycles. The minimum absolute atomic E-state index is 0.181. The van der Waals surface area contributed by atoms with Gasteiger partial charge in [0.1, 0.15) is 5.82 Å². The molecule has 0 unspecified atom stereocenters. The molecular formula is C17H14ClF2N3O. The zero-order chi connectivity index (χ0) is 17.1. The molecule has 1 aromatic heterocycles. The van der Waals surface area contributed by atoms with E-state index in [0.29, 0.717) is 21.6 Å². The number of rotatable bonds is 5. The first-order valence-corrected chi connectivity index (χ1v) is 7.72.